The molecule has 1 heterocycles. The Kier molecular flexibility index (Phi) is 3.25. The van der Waals surface area contributed by atoms with Gasteiger partial charge in [0.15, 0.2) is 0 Å². The quantitative estimate of drug-likeness (QED) is 0.871. The van der Waals surface area contributed by atoms with Crippen LogP contribution >= 0.6 is 0 Å². The Bertz CT molecular complexity index is 398. The molecule has 4 nitrogen and oxygen atoms in total. The van der Waals surface area contributed by atoms with Gasteiger partial charge in [-0.2, -0.15) is 18.3 Å². The lowest BCUT2D eigenvalue weighted by Crippen LogP contribution is -2.24. The fourth-order valence-electron chi connectivity index (χ4n) is 1.43. The highest BCUT2D eigenvalue weighted by Crippen LogP contribution is 2.38. The van der Waals surface area contributed by atoms with Crippen molar-refractivity contribution in [3.8, 4) is 0 Å². The van der Waals surface area contributed by atoms with Crippen LogP contribution in [0.25, 0.3) is 0 Å². The van der Waals surface area contributed by atoms with E-state index >= 15 is 0 Å². The van der Waals surface area contributed by atoms with Crippen molar-refractivity contribution in [3.63, 3.8) is 0 Å². The van der Waals surface area contributed by atoms with Gasteiger partial charge in [-0.05, 0) is 6.92 Å². The number of rotatable bonds is 3. The molecule has 1 N–H and O–H groups in total. The number of nitrogens with zero attached hydrogens (tertiary/aromatic N) is 2. The van der Waals surface area contributed by atoms with Crippen LogP contribution in [0.15, 0.2) is 6.20 Å². The zero-order valence-corrected chi connectivity index (χ0v) is 8.75. The molecule has 0 spiro atoms. The molecule has 1 aromatic heterocycles. The number of hydrogen-bond acceptors (Lipinski definition) is 2. The molecule has 0 saturated carbocycles. The summed E-state index contributed by atoms with van der Waals surface area (Å²) in [7, 11) is 1.51. The Hall–Kier alpha value is -1.53. The Balaban J connectivity index is 3.11. The monoisotopic (exact) mass is 236 g/mol. The zero-order valence-electron chi connectivity index (χ0n) is 8.75. The van der Waals surface area contributed by atoms with Gasteiger partial charge in [-0.15, -0.1) is 0 Å². The van der Waals surface area contributed by atoms with Crippen LogP contribution in [-0.4, -0.2) is 27.0 Å². The molecule has 16 heavy (non-hydrogen) atoms. The van der Waals surface area contributed by atoms with E-state index in [9.17, 15) is 18.0 Å². The summed E-state index contributed by atoms with van der Waals surface area (Å²) in [6, 6.07) is 0. The minimum atomic E-state index is -4.58. The lowest BCUT2D eigenvalue weighted by molar-refractivity contribution is -0.163. The number of halogens is 3. The molecule has 0 saturated heterocycles. The van der Waals surface area contributed by atoms with Gasteiger partial charge in [-0.1, -0.05) is 0 Å². The molecule has 0 aliphatic heterocycles. The molecule has 0 aliphatic carbocycles. The van der Waals surface area contributed by atoms with Crippen molar-refractivity contribution in [2.75, 3.05) is 0 Å². The molecular weight excluding hydrogens is 225 g/mol. The van der Waals surface area contributed by atoms with Crippen LogP contribution < -0.4 is 0 Å². The number of carbonyl (C=O) groups is 1. The standard InChI is InChI=1S/C9H11F3N2O2/c1-5-6(4-13-14(5)2)7(3-8(15)16)9(10,11)12/h4,7H,3H2,1-2H3,(H,15,16). The van der Waals surface area contributed by atoms with Crippen molar-refractivity contribution < 1.29 is 23.1 Å². The Morgan fingerprint density at radius 3 is 2.50 bits per heavy atom. The first kappa shape index (κ1) is 12.5. The summed E-state index contributed by atoms with van der Waals surface area (Å²) in [5, 5.41) is 12.2. The number of hydrogen-bond donors (Lipinski definition) is 1. The molecule has 90 valence electrons. The van der Waals surface area contributed by atoms with E-state index in [0.717, 1.165) is 6.20 Å². The highest BCUT2D eigenvalue weighted by molar-refractivity contribution is 5.68. The maximum absolute atomic E-state index is 12.7. The van der Waals surface area contributed by atoms with Crippen molar-refractivity contribution in [2.45, 2.75) is 25.4 Å². The molecule has 1 rings (SSSR count). The highest BCUT2D eigenvalue weighted by Gasteiger charge is 2.43. The van der Waals surface area contributed by atoms with Gasteiger partial charge < -0.3 is 5.11 Å². The van der Waals surface area contributed by atoms with Crippen molar-refractivity contribution in [2.24, 2.45) is 7.05 Å². The molecule has 0 fully saturated rings. The van der Waals surface area contributed by atoms with E-state index in [2.05, 4.69) is 5.10 Å². The van der Waals surface area contributed by atoms with E-state index in [1.807, 2.05) is 0 Å². The maximum Gasteiger partial charge on any atom is 0.396 e. The van der Waals surface area contributed by atoms with E-state index in [-0.39, 0.29) is 5.56 Å². The van der Waals surface area contributed by atoms with Gasteiger partial charge in [0.1, 0.15) is 0 Å². The largest absolute Gasteiger partial charge is 0.481 e. The van der Waals surface area contributed by atoms with Crippen LogP contribution in [0.5, 0.6) is 0 Å². The molecule has 0 aromatic carbocycles. The minimum absolute atomic E-state index is 0.0857. The second kappa shape index (κ2) is 4.15. The van der Waals surface area contributed by atoms with Crippen molar-refractivity contribution in [3.05, 3.63) is 17.5 Å². The minimum Gasteiger partial charge on any atom is -0.481 e. The van der Waals surface area contributed by atoms with Crippen LogP contribution in [0.2, 0.25) is 0 Å². The molecule has 0 radical (unpaired) electrons. The predicted octanol–water partition coefficient (Wildman–Crippen LogP) is 1.85. The molecule has 0 bridgehead atoms. The topological polar surface area (TPSA) is 55.1 Å². The zero-order chi connectivity index (χ0) is 12.5. The van der Waals surface area contributed by atoms with Crippen molar-refractivity contribution in [1.29, 1.82) is 0 Å². The molecule has 1 atom stereocenters. The number of aryl methyl sites for hydroxylation is 1. The maximum atomic E-state index is 12.7. The second-order valence-corrected chi connectivity index (χ2v) is 3.50. The van der Waals surface area contributed by atoms with E-state index < -0.39 is 24.5 Å². The number of alkyl halides is 3. The van der Waals surface area contributed by atoms with E-state index in [1.165, 1.54) is 18.7 Å². The van der Waals surface area contributed by atoms with Gasteiger partial charge in [0, 0.05) is 18.3 Å². The Morgan fingerprint density at radius 1 is 1.62 bits per heavy atom. The summed E-state index contributed by atoms with van der Waals surface area (Å²) < 4.78 is 39.3. The van der Waals surface area contributed by atoms with E-state index in [4.69, 9.17) is 5.11 Å². The molecule has 0 aliphatic rings. The normalized spacial score (nSPS) is 13.8. The third-order valence-corrected chi connectivity index (χ3v) is 2.42. The number of carboxylic acids is 1. The Labute approximate surface area is 89.7 Å². The van der Waals surface area contributed by atoms with Crippen molar-refractivity contribution in [1.82, 2.24) is 9.78 Å². The fraction of sp³-hybridized carbons (Fsp3) is 0.556. The SMILES string of the molecule is Cc1c(C(CC(=O)O)C(F)(F)F)cnn1C. The predicted molar refractivity (Wildman–Crippen MR) is 49.0 cm³/mol. The van der Waals surface area contributed by atoms with Gasteiger partial charge in [-0.3, -0.25) is 9.48 Å². The summed E-state index contributed by atoms with van der Waals surface area (Å²) >= 11 is 0. The summed E-state index contributed by atoms with van der Waals surface area (Å²) in [6.45, 7) is 1.48. The number of aliphatic carboxylic acids is 1. The van der Waals surface area contributed by atoms with Gasteiger partial charge in [0.2, 0.25) is 0 Å². The van der Waals surface area contributed by atoms with Crippen LogP contribution in [0.1, 0.15) is 23.6 Å². The Morgan fingerprint density at radius 2 is 2.19 bits per heavy atom. The second-order valence-electron chi connectivity index (χ2n) is 3.50. The number of aromatic nitrogens is 2. The average molecular weight is 236 g/mol. The average Bonchev–Trinajstić information content (AvgIpc) is 2.42. The fourth-order valence-corrected chi connectivity index (χ4v) is 1.43. The van der Waals surface area contributed by atoms with Crippen LogP contribution in [0, 0.1) is 6.92 Å². The smallest absolute Gasteiger partial charge is 0.396 e. The van der Waals surface area contributed by atoms with E-state index in [1.54, 1.807) is 0 Å². The lowest BCUT2D eigenvalue weighted by atomic mass is 9.96. The third kappa shape index (κ3) is 2.53. The first-order valence-corrected chi connectivity index (χ1v) is 4.50. The molecular formula is C9H11F3N2O2. The summed E-state index contributed by atoms with van der Waals surface area (Å²) in [6.07, 6.45) is -4.49. The number of carboxylic acid groups (broad SMARTS) is 1. The molecule has 7 heteroatoms. The first-order chi connectivity index (χ1) is 7.23. The highest BCUT2D eigenvalue weighted by atomic mass is 19.4. The summed E-state index contributed by atoms with van der Waals surface area (Å²) in [4.78, 5) is 10.4. The summed E-state index contributed by atoms with van der Waals surface area (Å²) in [5.74, 6) is -3.48. The van der Waals surface area contributed by atoms with Crippen LogP contribution in [0.3, 0.4) is 0 Å². The first-order valence-electron chi connectivity index (χ1n) is 4.50. The molecule has 1 aromatic rings. The van der Waals surface area contributed by atoms with Crippen LogP contribution in [-0.2, 0) is 11.8 Å². The van der Waals surface area contributed by atoms with E-state index in [0.29, 0.717) is 5.69 Å². The van der Waals surface area contributed by atoms with Crippen LogP contribution in [0.4, 0.5) is 13.2 Å². The van der Waals surface area contributed by atoms with Gasteiger partial charge in [0.25, 0.3) is 0 Å². The van der Waals surface area contributed by atoms with Crippen molar-refractivity contribution >= 4 is 5.97 Å². The lowest BCUT2D eigenvalue weighted by Gasteiger charge is -2.18. The van der Waals surface area contributed by atoms with Gasteiger partial charge in [0.05, 0.1) is 18.5 Å². The summed E-state index contributed by atoms with van der Waals surface area (Å²) in [5.41, 5.74) is 0.237. The molecule has 1 unspecified atom stereocenters. The van der Waals surface area contributed by atoms with Gasteiger partial charge >= 0.3 is 12.1 Å². The van der Waals surface area contributed by atoms with Gasteiger partial charge in [-0.25, -0.2) is 0 Å². The molecule has 0 amide bonds. The third-order valence-electron chi connectivity index (χ3n) is 2.42.